The molecular formula is C14H21BrN2O2. The molecule has 0 spiro atoms. The third-order valence-corrected chi connectivity index (χ3v) is 3.88. The molecule has 0 aliphatic heterocycles. The molecule has 106 valence electrons. The number of carboxylic acids is 1. The number of aromatic carboxylic acids is 1. The number of likely N-dealkylation sites (N-methyl/N-ethyl adjacent to an activating group) is 1. The van der Waals surface area contributed by atoms with E-state index in [2.05, 4.69) is 47.0 Å². The number of nitrogens with one attached hydrogen (secondary N) is 1. The second-order valence-electron chi connectivity index (χ2n) is 4.86. The molecule has 0 aliphatic carbocycles. The van der Waals surface area contributed by atoms with E-state index in [-0.39, 0.29) is 0 Å². The van der Waals surface area contributed by atoms with Crippen LogP contribution in [0.25, 0.3) is 0 Å². The maximum atomic E-state index is 10.8. The number of carboxylic acid groups (broad SMARTS) is 1. The predicted molar refractivity (Wildman–Crippen MR) is 80.6 cm³/mol. The summed E-state index contributed by atoms with van der Waals surface area (Å²) in [6, 6.07) is 5.65. The maximum absolute atomic E-state index is 10.8. The average Bonchev–Trinajstić information content (AvgIpc) is 2.35. The molecule has 1 aromatic rings. The summed E-state index contributed by atoms with van der Waals surface area (Å²) in [5.74, 6) is -0.904. The number of benzene rings is 1. The first-order valence-electron chi connectivity index (χ1n) is 6.34. The van der Waals surface area contributed by atoms with Crippen molar-refractivity contribution in [2.24, 2.45) is 0 Å². The lowest BCUT2D eigenvalue weighted by molar-refractivity contribution is 0.0697. The zero-order valence-corrected chi connectivity index (χ0v) is 13.2. The highest BCUT2D eigenvalue weighted by Crippen LogP contribution is 2.18. The molecule has 0 radical (unpaired) electrons. The van der Waals surface area contributed by atoms with Crippen molar-refractivity contribution in [2.45, 2.75) is 26.4 Å². The van der Waals surface area contributed by atoms with Gasteiger partial charge in [-0.1, -0.05) is 22.0 Å². The van der Waals surface area contributed by atoms with Crippen LogP contribution in [0.4, 0.5) is 0 Å². The zero-order chi connectivity index (χ0) is 14.4. The monoisotopic (exact) mass is 328 g/mol. The molecule has 0 heterocycles. The Kier molecular flexibility index (Phi) is 6.48. The van der Waals surface area contributed by atoms with E-state index in [0.717, 1.165) is 29.7 Å². The first kappa shape index (κ1) is 16.1. The first-order chi connectivity index (χ1) is 8.91. The van der Waals surface area contributed by atoms with E-state index in [4.69, 9.17) is 5.11 Å². The van der Waals surface area contributed by atoms with Crippen LogP contribution in [0, 0.1) is 0 Å². The Morgan fingerprint density at radius 1 is 1.47 bits per heavy atom. The van der Waals surface area contributed by atoms with E-state index in [1.807, 2.05) is 6.07 Å². The van der Waals surface area contributed by atoms with Gasteiger partial charge in [-0.2, -0.15) is 0 Å². The van der Waals surface area contributed by atoms with Gasteiger partial charge < -0.3 is 15.3 Å². The number of hydrogen-bond donors (Lipinski definition) is 2. The van der Waals surface area contributed by atoms with Crippen LogP contribution < -0.4 is 5.32 Å². The minimum Gasteiger partial charge on any atom is -0.478 e. The number of halogens is 1. The maximum Gasteiger partial charge on any atom is 0.335 e. The van der Waals surface area contributed by atoms with Gasteiger partial charge in [0.1, 0.15) is 0 Å². The number of rotatable bonds is 7. The Labute approximate surface area is 122 Å². The summed E-state index contributed by atoms with van der Waals surface area (Å²) in [6.07, 6.45) is 0. The fourth-order valence-corrected chi connectivity index (χ4v) is 2.08. The van der Waals surface area contributed by atoms with E-state index in [9.17, 15) is 4.79 Å². The van der Waals surface area contributed by atoms with Crippen molar-refractivity contribution in [1.82, 2.24) is 10.2 Å². The van der Waals surface area contributed by atoms with Gasteiger partial charge in [-0.05, 0) is 38.6 Å². The average molecular weight is 329 g/mol. The molecule has 1 rings (SSSR count). The molecule has 0 saturated carbocycles. The zero-order valence-electron chi connectivity index (χ0n) is 11.6. The lowest BCUT2D eigenvalue weighted by Crippen LogP contribution is -2.33. The van der Waals surface area contributed by atoms with Crippen LogP contribution >= 0.6 is 15.9 Å². The molecule has 1 aromatic carbocycles. The van der Waals surface area contributed by atoms with E-state index in [0.29, 0.717) is 11.6 Å². The summed E-state index contributed by atoms with van der Waals surface area (Å²) in [5, 5.41) is 12.2. The van der Waals surface area contributed by atoms with E-state index >= 15 is 0 Å². The quantitative estimate of drug-likeness (QED) is 0.755. The molecule has 19 heavy (non-hydrogen) atoms. The smallest absolute Gasteiger partial charge is 0.335 e. The van der Waals surface area contributed by atoms with Gasteiger partial charge in [0.15, 0.2) is 0 Å². The third kappa shape index (κ3) is 5.30. The summed E-state index contributed by atoms with van der Waals surface area (Å²) >= 11 is 3.41. The van der Waals surface area contributed by atoms with Crippen LogP contribution in [0.1, 0.15) is 29.8 Å². The second-order valence-corrected chi connectivity index (χ2v) is 5.72. The molecule has 0 atom stereocenters. The molecule has 0 fully saturated rings. The largest absolute Gasteiger partial charge is 0.478 e. The van der Waals surface area contributed by atoms with Crippen LogP contribution in [0.15, 0.2) is 22.7 Å². The number of nitrogens with zero attached hydrogens (tertiary/aromatic N) is 1. The molecule has 2 N–H and O–H groups in total. The Hall–Kier alpha value is -0.910. The van der Waals surface area contributed by atoms with Crippen LogP contribution in [0.5, 0.6) is 0 Å². The van der Waals surface area contributed by atoms with Crippen LogP contribution in [0.3, 0.4) is 0 Å². The Bertz CT molecular complexity index is 435. The molecule has 0 saturated heterocycles. The van der Waals surface area contributed by atoms with E-state index in [1.165, 1.54) is 0 Å². The van der Waals surface area contributed by atoms with Crippen LogP contribution in [-0.2, 0) is 6.54 Å². The fraction of sp³-hybridized carbons (Fsp3) is 0.500. The van der Waals surface area contributed by atoms with Crippen molar-refractivity contribution in [3.05, 3.63) is 33.8 Å². The Morgan fingerprint density at radius 3 is 2.68 bits per heavy atom. The normalized spacial score (nSPS) is 11.3. The summed E-state index contributed by atoms with van der Waals surface area (Å²) < 4.78 is 0.831. The summed E-state index contributed by atoms with van der Waals surface area (Å²) in [7, 11) is 2.10. The SMILES string of the molecule is CC(C)N(C)CCNCc1ccc(C(=O)O)cc1Br. The third-order valence-electron chi connectivity index (χ3n) is 3.14. The van der Waals surface area contributed by atoms with Gasteiger partial charge in [0, 0.05) is 30.1 Å². The molecule has 0 unspecified atom stereocenters. The van der Waals surface area contributed by atoms with Gasteiger partial charge in [-0.25, -0.2) is 4.79 Å². The Morgan fingerprint density at radius 2 is 2.16 bits per heavy atom. The lowest BCUT2D eigenvalue weighted by Gasteiger charge is -2.21. The van der Waals surface area contributed by atoms with Crippen molar-refractivity contribution < 1.29 is 9.90 Å². The van der Waals surface area contributed by atoms with Crippen LogP contribution in [0.2, 0.25) is 0 Å². The summed E-state index contributed by atoms with van der Waals surface area (Å²) in [6.45, 7) is 6.96. The Balaban J connectivity index is 2.44. The van der Waals surface area contributed by atoms with Gasteiger partial charge in [-0.15, -0.1) is 0 Å². The standard InChI is InChI=1S/C14H21BrN2O2/c1-10(2)17(3)7-6-16-9-12-5-4-11(14(18)19)8-13(12)15/h4-5,8,10,16H,6-7,9H2,1-3H3,(H,18,19). The minimum absolute atomic E-state index is 0.301. The number of hydrogen-bond acceptors (Lipinski definition) is 3. The topological polar surface area (TPSA) is 52.6 Å². The molecular weight excluding hydrogens is 308 g/mol. The van der Waals surface area contributed by atoms with Gasteiger partial charge in [-0.3, -0.25) is 0 Å². The van der Waals surface area contributed by atoms with E-state index in [1.54, 1.807) is 12.1 Å². The summed E-state index contributed by atoms with van der Waals surface area (Å²) in [4.78, 5) is 13.1. The van der Waals surface area contributed by atoms with Crippen LogP contribution in [-0.4, -0.2) is 42.2 Å². The number of carbonyl (C=O) groups is 1. The predicted octanol–water partition coefficient (Wildman–Crippen LogP) is 2.58. The molecule has 0 aromatic heterocycles. The molecule has 0 bridgehead atoms. The highest BCUT2D eigenvalue weighted by atomic mass is 79.9. The first-order valence-corrected chi connectivity index (χ1v) is 7.13. The summed E-state index contributed by atoms with van der Waals surface area (Å²) in [5.41, 5.74) is 1.37. The van der Waals surface area contributed by atoms with Gasteiger partial charge in [0.25, 0.3) is 0 Å². The minimum atomic E-state index is -0.904. The van der Waals surface area contributed by atoms with E-state index < -0.39 is 5.97 Å². The van der Waals surface area contributed by atoms with Crippen molar-refractivity contribution in [3.63, 3.8) is 0 Å². The highest BCUT2D eigenvalue weighted by molar-refractivity contribution is 9.10. The highest BCUT2D eigenvalue weighted by Gasteiger charge is 2.07. The molecule has 4 nitrogen and oxygen atoms in total. The second kappa shape index (κ2) is 7.62. The van der Waals surface area contributed by atoms with Crippen molar-refractivity contribution in [3.8, 4) is 0 Å². The van der Waals surface area contributed by atoms with Gasteiger partial charge in [0.05, 0.1) is 5.56 Å². The molecule has 0 amide bonds. The molecule has 0 aliphatic rings. The van der Waals surface area contributed by atoms with Crippen molar-refractivity contribution in [2.75, 3.05) is 20.1 Å². The van der Waals surface area contributed by atoms with Crippen molar-refractivity contribution >= 4 is 21.9 Å². The lowest BCUT2D eigenvalue weighted by atomic mass is 10.1. The fourth-order valence-electron chi connectivity index (χ4n) is 1.56. The van der Waals surface area contributed by atoms with Gasteiger partial charge >= 0.3 is 5.97 Å². The molecule has 5 heteroatoms. The van der Waals surface area contributed by atoms with Gasteiger partial charge in [0.2, 0.25) is 0 Å². The van der Waals surface area contributed by atoms with Crippen molar-refractivity contribution in [1.29, 1.82) is 0 Å².